The van der Waals surface area contributed by atoms with E-state index in [9.17, 15) is 9.90 Å². The Hall–Kier alpha value is -1.97. The van der Waals surface area contributed by atoms with E-state index in [2.05, 4.69) is 0 Å². The van der Waals surface area contributed by atoms with Gasteiger partial charge in [-0.25, -0.2) is 0 Å². The van der Waals surface area contributed by atoms with Crippen molar-refractivity contribution < 1.29 is 19.4 Å². The first-order valence-electron chi connectivity index (χ1n) is 4.04. The van der Waals surface area contributed by atoms with Crippen molar-refractivity contribution in [2.45, 2.75) is 0 Å². The summed E-state index contributed by atoms with van der Waals surface area (Å²) in [6.07, 6.45) is 1.43. The average Bonchev–Trinajstić information content (AvgIpc) is 2.64. The fourth-order valence-electron chi connectivity index (χ4n) is 1.21. The standard InChI is InChI=1S/C10H8O4/c11-4-3-8(12)7-1-2-9-10(5-7)14-6-13-9/h1-5,11H,6H2/p-1. The van der Waals surface area contributed by atoms with Crippen LogP contribution in [0.1, 0.15) is 10.4 Å². The number of hydrogen-bond acceptors (Lipinski definition) is 4. The molecular formula is C10H7O4-. The van der Waals surface area contributed by atoms with Crippen LogP contribution >= 0.6 is 0 Å². The van der Waals surface area contributed by atoms with E-state index in [1.54, 1.807) is 18.2 Å². The summed E-state index contributed by atoms with van der Waals surface area (Å²) < 4.78 is 10.2. The van der Waals surface area contributed by atoms with Crippen LogP contribution in [-0.2, 0) is 0 Å². The molecule has 1 aliphatic rings. The minimum Gasteiger partial charge on any atom is -0.878 e. The molecule has 0 bridgehead atoms. The highest BCUT2D eigenvalue weighted by Gasteiger charge is 2.14. The van der Waals surface area contributed by atoms with Gasteiger partial charge in [-0.1, -0.05) is 0 Å². The average molecular weight is 191 g/mol. The molecule has 0 aromatic heterocycles. The van der Waals surface area contributed by atoms with Crippen LogP contribution in [0.2, 0.25) is 0 Å². The molecule has 72 valence electrons. The molecule has 2 rings (SSSR count). The van der Waals surface area contributed by atoms with Crippen LogP contribution in [0.4, 0.5) is 0 Å². The first-order chi connectivity index (χ1) is 6.81. The van der Waals surface area contributed by atoms with Crippen molar-refractivity contribution in [2.75, 3.05) is 6.79 Å². The van der Waals surface area contributed by atoms with Gasteiger partial charge in [-0.3, -0.25) is 4.79 Å². The molecular weight excluding hydrogens is 184 g/mol. The van der Waals surface area contributed by atoms with Crippen molar-refractivity contribution in [2.24, 2.45) is 0 Å². The van der Waals surface area contributed by atoms with Crippen LogP contribution in [0.15, 0.2) is 30.5 Å². The van der Waals surface area contributed by atoms with Crippen molar-refractivity contribution in [3.8, 4) is 11.5 Å². The molecule has 0 aliphatic carbocycles. The fraction of sp³-hybridized carbons (Fsp3) is 0.100. The number of carbonyl (C=O) groups excluding carboxylic acids is 1. The predicted molar refractivity (Wildman–Crippen MR) is 46.0 cm³/mol. The number of ketones is 1. The van der Waals surface area contributed by atoms with Crippen LogP contribution < -0.4 is 14.6 Å². The van der Waals surface area contributed by atoms with E-state index >= 15 is 0 Å². The van der Waals surface area contributed by atoms with Gasteiger partial charge in [0.15, 0.2) is 17.3 Å². The van der Waals surface area contributed by atoms with Gasteiger partial charge in [0.2, 0.25) is 6.79 Å². The Morgan fingerprint density at radius 2 is 2.14 bits per heavy atom. The molecule has 0 unspecified atom stereocenters. The molecule has 0 radical (unpaired) electrons. The van der Waals surface area contributed by atoms with Crippen LogP contribution in [-0.4, -0.2) is 12.6 Å². The third-order valence-electron chi connectivity index (χ3n) is 1.88. The maximum atomic E-state index is 11.3. The highest BCUT2D eigenvalue weighted by Crippen LogP contribution is 2.32. The van der Waals surface area contributed by atoms with Crippen LogP contribution in [0.5, 0.6) is 11.5 Å². The summed E-state index contributed by atoms with van der Waals surface area (Å²) in [6, 6.07) is 4.80. The van der Waals surface area contributed by atoms with Gasteiger partial charge >= 0.3 is 0 Å². The van der Waals surface area contributed by atoms with Gasteiger partial charge in [0.05, 0.1) is 0 Å². The van der Waals surface area contributed by atoms with Gasteiger partial charge in [-0.05, 0) is 24.3 Å². The van der Waals surface area contributed by atoms with E-state index in [1.165, 1.54) is 0 Å². The summed E-state index contributed by atoms with van der Waals surface area (Å²) in [7, 11) is 0. The molecule has 4 nitrogen and oxygen atoms in total. The summed E-state index contributed by atoms with van der Waals surface area (Å²) in [6.45, 7) is 0.171. The minimum atomic E-state index is -0.335. The number of hydrogen-bond donors (Lipinski definition) is 0. The number of carbonyl (C=O) groups is 1. The Balaban J connectivity index is 2.33. The first kappa shape index (κ1) is 8.62. The van der Waals surface area contributed by atoms with Crippen LogP contribution in [0.3, 0.4) is 0 Å². The molecule has 14 heavy (non-hydrogen) atoms. The highest BCUT2D eigenvalue weighted by atomic mass is 16.7. The summed E-state index contributed by atoms with van der Waals surface area (Å²) in [5.41, 5.74) is 0.418. The third-order valence-corrected chi connectivity index (χ3v) is 1.88. The van der Waals surface area contributed by atoms with Gasteiger partial charge in [-0.2, -0.15) is 0 Å². The van der Waals surface area contributed by atoms with Gasteiger partial charge in [0.25, 0.3) is 0 Å². The van der Waals surface area contributed by atoms with E-state index < -0.39 is 0 Å². The molecule has 1 heterocycles. The predicted octanol–water partition coefficient (Wildman–Crippen LogP) is 0.472. The maximum Gasteiger partial charge on any atom is 0.231 e. The fourth-order valence-corrected chi connectivity index (χ4v) is 1.21. The normalized spacial score (nSPS) is 13.4. The number of fused-ring (bicyclic) bond motifs is 1. The van der Waals surface area contributed by atoms with Gasteiger partial charge in [0, 0.05) is 5.56 Å². The van der Waals surface area contributed by atoms with E-state index in [4.69, 9.17) is 9.47 Å². The summed E-state index contributed by atoms with van der Waals surface area (Å²) >= 11 is 0. The first-order valence-corrected chi connectivity index (χ1v) is 4.04. The van der Waals surface area contributed by atoms with Gasteiger partial charge in [-0.15, -0.1) is 6.26 Å². The molecule has 0 atom stereocenters. The van der Waals surface area contributed by atoms with Crippen LogP contribution in [0, 0.1) is 0 Å². The molecule has 0 saturated carbocycles. The third kappa shape index (κ3) is 1.42. The highest BCUT2D eigenvalue weighted by molar-refractivity contribution is 6.04. The Kier molecular flexibility index (Phi) is 2.10. The zero-order valence-electron chi connectivity index (χ0n) is 7.23. The van der Waals surface area contributed by atoms with E-state index in [1.807, 2.05) is 0 Å². The van der Waals surface area contributed by atoms with Crippen LogP contribution in [0.25, 0.3) is 0 Å². The molecule has 0 fully saturated rings. The second kappa shape index (κ2) is 3.41. The van der Waals surface area contributed by atoms with E-state index in [-0.39, 0.29) is 12.6 Å². The second-order valence-electron chi connectivity index (χ2n) is 2.74. The maximum absolute atomic E-state index is 11.3. The lowest BCUT2D eigenvalue weighted by molar-refractivity contribution is -0.274. The van der Waals surface area contributed by atoms with E-state index in [0.717, 1.165) is 6.08 Å². The van der Waals surface area contributed by atoms with Crippen molar-refractivity contribution in [1.29, 1.82) is 0 Å². The van der Waals surface area contributed by atoms with Gasteiger partial charge < -0.3 is 14.6 Å². The molecule has 0 amide bonds. The summed E-state index contributed by atoms with van der Waals surface area (Å²) in [4.78, 5) is 11.3. The van der Waals surface area contributed by atoms with Crippen molar-refractivity contribution >= 4 is 5.78 Å². The Labute approximate surface area is 80.4 Å². The van der Waals surface area contributed by atoms with Crippen molar-refractivity contribution in [3.63, 3.8) is 0 Å². The zero-order chi connectivity index (χ0) is 9.97. The molecule has 0 N–H and O–H groups in total. The zero-order valence-corrected chi connectivity index (χ0v) is 7.23. The smallest absolute Gasteiger partial charge is 0.231 e. The lowest BCUT2D eigenvalue weighted by Crippen LogP contribution is -1.97. The number of ether oxygens (including phenoxy) is 2. The molecule has 1 aromatic rings. The molecule has 4 heteroatoms. The number of allylic oxidation sites excluding steroid dienone is 1. The van der Waals surface area contributed by atoms with E-state index in [0.29, 0.717) is 23.3 Å². The molecule has 0 saturated heterocycles. The largest absolute Gasteiger partial charge is 0.878 e. The topological polar surface area (TPSA) is 58.6 Å². The number of benzene rings is 1. The SMILES string of the molecule is O=C(C=C[O-])c1ccc2c(c1)OCO2. The Bertz CT molecular complexity index is 395. The summed E-state index contributed by atoms with van der Waals surface area (Å²) in [5.74, 6) is 0.820. The number of rotatable bonds is 2. The Morgan fingerprint density at radius 1 is 1.36 bits per heavy atom. The molecule has 1 aliphatic heterocycles. The lowest BCUT2D eigenvalue weighted by atomic mass is 10.1. The lowest BCUT2D eigenvalue weighted by Gasteiger charge is -1.99. The summed E-state index contributed by atoms with van der Waals surface area (Å²) in [5, 5.41) is 10.1. The minimum absolute atomic E-state index is 0.171. The second-order valence-corrected chi connectivity index (χ2v) is 2.74. The van der Waals surface area contributed by atoms with Crippen molar-refractivity contribution in [3.05, 3.63) is 36.1 Å². The molecule has 1 aromatic carbocycles. The monoisotopic (exact) mass is 191 g/mol. The molecule has 0 spiro atoms. The Morgan fingerprint density at radius 3 is 2.93 bits per heavy atom. The van der Waals surface area contributed by atoms with Gasteiger partial charge in [0.1, 0.15) is 0 Å². The van der Waals surface area contributed by atoms with Crippen molar-refractivity contribution in [1.82, 2.24) is 0 Å². The quantitative estimate of drug-likeness (QED) is 0.387.